The van der Waals surface area contributed by atoms with Crippen LogP contribution < -0.4 is 5.32 Å². The Morgan fingerprint density at radius 1 is 1.05 bits per heavy atom. The summed E-state index contributed by atoms with van der Waals surface area (Å²) >= 11 is 1.77. The second-order valence-electron chi connectivity index (χ2n) is 4.86. The lowest BCUT2D eigenvalue weighted by Gasteiger charge is -2.07. The molecule has 0 spiro atoms. The maximum Gasteiger partial charge on any atom is 0.146 e. The minimum Gasteiger partial charge on any atom is -0.316 e. The van der Waals surface area contributed by atoms with Crippen LogP contribution in [-0.4, -0.2) is 14.8 Å². The third-order valence-corrected chi connectivity index (χ3v) is 4.22. The third kappa shape index (κ3) is 4.00. The molecule has 0 bridgehead atoms. The Morgan fingerprint density at radius 3 is 2.76 bits per heavy atom. The van der Waals surface area contributed by atoms with E-state index in [0.29, 0.717) is 0 Å². The van der Waals surface area contributed by atoms with E-state index in [1.165, 1.54) is 10.4 Å². The molecule has 0 atom stereocenters. The van der Waals surface area contributed by atoms with E-state index in [2.05, 4.69) is 61.9 Å². The van der Waals surface area contributed by atoms with Crippen molar-refractivity contribution in [2.24, 2.45) is 0 Å². The minimum absolute atomic E-state index is 0.743. The highest BCUT2D eigenvalue weighted by atomic mass is 32.1. The van der Waals surface area contributed by atoms with Gasteiger partial charge in [-0.2, -0.15) is 0 Å². The average molecular weight is 298 g/mol. The van der Waals surface area contributed by atoms with Crippen molar-refractivity contribution in [2.75, 3.05) is 0 Å². The van der Waals surface area contributed by atoms with Crippen molar-refractivity contribution in [1.29, 1.82) is 0 Å². The summed E-state index contributed by atoms with van der Waals surface area (Å²) in [5.41, 5.74) is 1.34. The van der Waals surface area contributed by atoms with Gasteiger partial charge in [0.25, 0.3) is 0 Å². The molecule has 0 aliphatic carbocycles. The molecule has 0 fully saturated rings. The van der Waals surface area contributed by atoms with E-state index in [-0.39, 0.29) is 0 Å². The van der Waals surface area contributed by atoms with Crippen molar-refractivity contribution in [3.05, 3.63) is 70.4 Å². The molecule has 2 heterocycles. The number of benzene rings is 1. The van der Waals surface area contributed by atoms with Crippen LogP contribution in [0.25, 0.3) is 0 Å². The summed E-state index contributed by atoms with van der Waals surface area (Å²) in [6.07, 6.45) is 2.81. The van der Waals surface area contributed by atoms with E-state index in [1.54, 1.807) is 11.3 Å². The van der Waals surface area contributed by atoms with Gasteiger partial charge < -0.3 is 9.88 Å². The standard InChI is InChI=1S/C16H18N4S/c1-2-5-14(6-3-1)8-9-20-13-18-19-16(20)12-17-11-15-7-4-10-21-15/h1-7,10,13,17H,8-9,11-12H2. The molecule has 5 heteroatoms. The van der Waals surface area contributed by atoms with Crippen LogP contribution in [0.2, 0.25) is 0 Å². The highest BCUT2D eigenvalue weighted by Crippen LogP contribution is 2.08. The van der Waals surface area contributed by atoms with Gasteiger partial charge in [0.1, 0.15) is 12.2 Å². The van der Waals surface area contributed by atoms with E-state index in [4.69, 9.17) is 0 Å². The SMILES string of the molecule is c1ccc(CCn2cnnc2CNCc2cccs2)cc1. The highest BCUT2D eigenvalue weighted by molar-refractivity contribution is 7.09. The first-order chi connectivity index (χ1) is 10.4. The Labute approximate surface area is 128 Å². The summed E-state index contributed by atoms with van der Waals surface area (Å²) in [4.78, 5) is 1.34. The monoisotopic (exact) mass is 298 g/mol. The topological polar surface area (TPSA) is 42.7 Å². The molecule has 2 aromatic heterocycles. The van der Waals surface area contributed by atoms with Crippen molar-refractivity contribution in [2.45, 2.75) is 26.1 Å². The summed E-state index contributed by atoms with van der Waals surface area (Å²) in [5.74, 6) is 0.988. The van der Waals surface area contributed by atoms with Gasteiger partial charge in [-0.15, -0.1) is 21.5 Å². The van der Waals surface area contributed by atoms with Crippen LogP contribution in [0, 0.1) is 0 Å². The van der Waals surface area contributed by atoms with Crippen molar-refractivity contribution < 1.29 is 0 Å². The fraction of sp³-hybridized carbons (Fsp3) is 0.250. The van der Waals surface area contributed by atoms with E-state index in [0.717, 1.165) is 31.9 Å². The van der Waals surface area contributed by atoms with Gasteiger partial charge in [-0.25, -0.2) is 0 Å². The predicted octanol–water partition coefficient (Wildman–Crippen LogP) is 2.87. The number of nitrogens with one attached hydrogen (secondary N) is 1. The molecule has 108 valence electrons. The fourth-order valence-corrected chi connectivity index (χ4v) is 2.88. The molecule has 3 aromatic rings. The molecule has 3 rings (SSSR count). The molecule has 0 unspecified atom stereocenters. The van der Waals surface area contributed by atoms with Gasteiger partial charge in [-0.1, -0.05) is 36.4 Å². The van der Waals surface area contributed by atoms with E-state index in [1.807, 2.05) is 12.4 Å². The van der Waals surface area contributed by atoms with Gasteiger partial charge in [0.2, 0.25) is 0 Å². The maximum absolute atomic E-state index is 4.20. The lowest BCUT2D eigenvalue weighted by molar-refractivity contribution is 0.597. The van der Waals surface area contributed by atoms with Gasteiger partial charge in [0, 0.05) is 18.0 Å². The lowest BCUT2D eigenvalue weighted by Crippen LogP contribution is -2.16. The predicted molar refractivity (Wildman–Crippen MR) is 85.0 cm³/mol. The smallest absolute Gasteiger partial charge is 0.146 e. The molecular formula is C16H18N4S. The zero-order valence-electron chi connectivity index (χ0n) is 11.8. The van der Waals surface area contributed by atoms with Gasteiger partial charge in [0.05, 0.1) is 6.54 Å². The zero-order valence-corrected chi connectivity index (χ0v) is 12.6. The average Bonchev–Trinajstić information content (AvgIpc) is 3.18. The third-order valence-electron chi connectivity index (χ3n) is 3.34. The largest absolute Gasteiger partial charge is 0.316 e. The number of hydrogen-bond donors (Lipinski definition) is 1. The second-order valence-corrected chi connectivity index (χ2v) is 5.89. The molecule has 0 amide bonds. The number of hydrogen-bond acceptors (Lipinski definition) is 4. The van der Waals surface area contributed by atoms with Crippen LogP contribution in [0.1, 0.15) is 16.3 Å². The number of rotatable bonds is 7. The van der Waals surface area contributed by atoms with E-state index < -0.39 is 0 Å². The first-order valence-corrected chi connectivity index (χ1v) is 7.93. The van der Waals surface area contributed by atoms with E-state index in [9.17, 15) is 0 Å². The number of aryl methyl sites for hydroxylation is 2. The molecule has 1 N–H and O–H groups in total. The second kappa shape index (κ2) is 7.15. The molecule has 0 saturated heterocycles. The van der Waals surface area contributed by atoms with Crippen LogP contribution in [0.5, 0.6) is 0 Å². The summed E-state index contributed by atoms with van der Waals surface area (Å²) in [6, 6.07) is 14.7. The first kappa shape index (κ1) is 14.0. The first-order valence-electron chi connectivity index (χ1n) is 7.05. The molecular weight excluding hydrogens is 280 g/mol. The van der Waals surface area contributed by atoms with Crippen LogP contribution in [0.3, 0.4) is 0 Å². The van der Waals surface area contributed by atoms with Crippen LogP contribution in [0.4, 0.5) is 0 Å². The lowest BCUT2D eigenvalue weighted by atomic mass is 10.1. The summed E-state index contributed by atoms with van der Waals surface area (Å²) in [7, 11) is 0. The Kier molecular flexibility index (Phi) is 4.76. The normalized spacial score (nSPS) is 10.9. The van der Waals surface area contributed by atoms with Gasteiger partial charge in [-0.05, 0) is 23.4 Å². The van der Waals surface area contributed by atoms with Crippen molar-refractivity contribution in [3.63, 3.8) is 0 Å². The molecule has 0 radical (unpaired) electrons. The molecule has 0 aliphatic heterocycles. The Balaban J connectivity index is 1.51. The van der Waals surface area contributed by atoms with Crippen molar-refractivity contribution in [3.8, 4) is 0 Å². The summed E-state index contributed by atoms with van der Waals surface area (Å²) < 4.78 is 2.12. The van der Waals surface area contributed by atoms with Crippen LogP contribution in [-0.2, 0) is 26.1 Å². The molecule has 0 saturated carbocycles. The zero-order chi connectivity index (χ0) is 14.3. The van der Waals surface area contributed by atoms with Crippen molar-refractivity contribution in [1.82, 2.24) is 20.1 Å². The molecule has 0 aliphatic rings. The summed E-state index contributed by atoms with van der Waals surface area (Å²) in [5, 5.41) is 13.7. The van der Waals surface area contributed by atoms with Crippen LogP contribution in [0.15, 0.2) is 54.2 Å². The van der Waals surface area contributed by atoms with Gasteiger partial charge in [0.15, 0.2) is 0 Å². The number of nitrogens with zero attached hydrogens (tertiary/aromatic N) is 3. The quantitative estimate of drug-likeness (QED) is 0.729. The Bertz CT molecular complexity index is 646. The van der Waals surface area contributed by atoms with Gasteiger partial charge >= 0.3 is 0 Å². The fourth-order valence-electron chi connectivity index (χ4n) is 2.21. The number of thiophene rings is 1. The molecule has 4 nitrogen and oxygen atoms in total. The summed E-state index contributed by atoms with van der Waals surface area (Å²) in [6.45, 7) is 2.53. The maximum atomic E-state index is 4.20. The molecule has 1 aromatic carbocycles. The Hall–Kier alpha value is -1.98. The van der Waals surface area contributed by atoms with Crippen LogP contribution >= 0.6 is 11.3 Å². The Morgan fingerprint density at radius 2 is 1.95 bits per heavy atom. The minimum atomic E-state index is 0.743. The van der Waals surface area contributed by atoms with Crippen molar-refractivity contribution >= 4 is 11.3 Å². The van der Waals surface area contributed by atoms with Gasteiger partial charge in [-0.3, -0.25) is 0 Å². The number of aromatic nitrogens is 3. The highest BCUT2D eigenvalue weighted by Gasteiger charge is 2.04. The van der Waals surface area contributed by atoms with E-state index >= 15 is 0 Å². The molecule has 21 heavy (non-hydrogen) atoms.